The number of rotatable bonds is 1. The molecule has 2 heterocycles. The normalized spacial score (nSPS) is 21.5. The molecule has 1 aliphatic carbocycles. The van der Waals surface area contributed by atoms with Crippen molar-refractivity contribution >= 4 is 11.6 Å². The smallest absolute Gasteiger partial charge is 0.221 e. The zero-order chi connectivity index (χ0) is 13.4. The maximum absolute atomic E-state index is 11.5. The van der Waals surface area contributed by atoms with Gasteiger partial charge in [0.25, 0.3) is 0 Å². The van der Waals surface area contributed by atoms with E-state index in [0.29, 0.717) is 6.42 Å². The predicted molar refractivity (Wildman–Crippen MR) is 72.0 cm³/mol. The second-order valence-electron chi connectivity index (χ2n) is 5.34. The molecule has 1 aromatic heterocycles. The lowest BCUT2D eigenvalue weighted by Crippen LogP contribution is -2.30. The van der Waals surface area contributed by atoms with Gasteiger partial charge in [-0.1, -0.05) is 0 Å². The van der Waals surface area contributed by atoms with E-state index in [1.807, 2.05) is 0 Å². The van der Waals surface area contributed by atoms with Gasteiger partial charge >= 0.3 is 0 Å². The van der Waals surface area contributed by atoms with Crippen LogP contribution in [0, 0.1) is 0 Å². The lowest BCUT2D eigenvalue weighted by atomic mass is 9.89. The van der Waals surface area contributed by atoms with Gasteiger partial charge in [-0.3, -0.25) is 9.78 Å². The van der Waals surface area contributed by atoms with Crippen molar-refractivity contribution in [2.24, 2.45) is 0 Å². The van der Waals surface area contributed by atoms with Gasteiger partial charge in [0.2, 0.25) is 5.91 Å². The zero-order valence-electron chi connectivity index (χ0n) is 11.1. The first-order chi connectivity index (χ1) is 9.15. The molecule has 1 unspecified atom stereocenters. The topological polar surface area (TPSA) is 74.2 Å². The molecular formula is C14H19N3O2. The van der Waals surface area contributed by atoms with Crippen molar-refractivity contribution in [2.45, 2.75) is 45.3 Å². The van der Waals surface area contributed by atoms with Crippen molar-refractivity contribution in [3.05, 3.63) is 22.5 Å². The van der Waals surface area contributed by atoms with Crippen LogP contribution in [0.5, 0.6) is 0 Å². The maximum atomic E-state index is 11.5. The molecule has 0 aromatic carbocycles. The number of hydrogen-bond donors (Lipinski definition) is 3. The van der Waals surface area contributed by atoms with E-state index in [2.05, 4.69) is 10.6 Å². The molecule has 2 aliphatic rings. The van der Waals surface area contributed by atoms with Gasteiger partial charge in [-0.05, 0) is 12.8 Å². The molecule has 0 saturated carbocycles. The van der Waals surface area contributed by atoms with E-state index < -0.39 is 0 Å². The molecule has 5 nitrogen and oxygen atoms in total. The standard InChI is InChI=1S/C14H19N3O2/c1-8(18)16-14-10-6-9(19)2-3-12(10)17-13-4-5-15-7-11(13)14/h9,15,19H,2-7H2,1H3,(H,16,17,18). The molecule has 0 spiro atoms. The largest absolute Gasteiger partial charge is 0.393 e. The number of aliphatic hydroxyl groups excluding tert-OH is 1. The summed E-state index contributed by atoms with van der Waals surface area (Å²) in [5.74, 6) is -0.0683. The number of carbonyl (C=O) groups excluding carboxylic acids is 1. The maximum Gasteiger partial charge on any atom is 0.221 e. The van der Waals surface area contributed by atoms with E-state index in [-0.39, 0.29) is 12.0 Å². The van der Waals surface area contributed by atoms with Gasteiger partial charge in [-0.2, -0.15) is 0 Å². The molecule has 0 fully saturated rings. The summed E-state index contributed by atoms with van der Waals surface area (Å²) < 4.78 is 0. The fourth-order valence-electron chi connectivity index (χ4n) is 2.98. The first-order valence-electron chi connectivity index (χ1n) is 6.85. The number of nitrogens with zero attached hydrogens (tertiary/aromatic N) is 1. The Morgan fingerprint density at radius 2 is 2.16 bits per heavy atom. The summed E-state index contributed by atoms with van der Waals surface area (Å²) >= 11 is 0. The Bertz CT molecular complexity index is 528. The van der Waals surface area contributed by atoms with Gasteiger partial charge in [0.15, 0.2) is 0 Å². The van der Waals surface area contributed by atoms with E-state index in [0.717, 1.165) is 60.6 Å². The molecule has 102 valence electrons. The van der Waals surface area contributed by atoms with E-state index in [9.17, 15) is 9.90 Å². The fourth-order valence-corrected chi connectivity index (χ4v) is 2.98. The molecule has 0 radical (unpaired) electrons. The summed E-state index contributed by atoms with van der Waals surface area (Å²) in [5, 5.41) is 16.1. The number of amides is 1. The Morgan fingerprint density at radius 3 is 2.95 bits per heavy atom. The highest BCUT2D eigenvalue weighted by atomic mass is 16.3. The zero-order valence-corrected chi connectivity index (χ0v) is 11.1. The number of nitrogens with one attached hydrogen (secondary N) is 2. The second-order valence-corrected chi connectivity index (χ2v) is 5.34. The molecule has 19 heavy (non-hydrogen) atoms. The summed E-state index contributed by atoms with van der Waals surface area (Å²) in [6.07, 6.45) is 2.72. The van der Waals surface area contributed by atoms with E-state index in [1.165, 1.54) is 6.92 Å². The molecule has 3 rings (SSSR count). The SMILES string of the molecule is CC(=O)Nc1c2c(nc3c1CC(O)CC3)CCNC2. The third-order valence-corrected chi connectivity index (χ3v) is 3.87. The Balaban J connectivity index is 2.13. The predicted octanol–water partition coefficient (Wildman–Crippen LogP) is 0.535. The van der Waals surface area contributed by atoms with Crippen molar-refractivity contribution in [2.75, 3.05) is 11.9 Å². The molecule has 0 saturated heterocycles. The summed E-state index contributed by atoms with van der Waals surface area (Å²) in [5.41, 5.74) is 5.15. The van der Waals surface area contributed by atoms with Crippen LogP contribution in [0.2, 0.25) is 0 Å². The third-order valence-electron chi connectivity index (χ3n) is 3.87. The van der Waals surface area contributed by atoms with Crippen LogP contribution in [0.3, 0.4) is 0 Å². The Hall–Kier alpha value is -1.46. The average Bonchev–Trinajstić information content (AvgIpc) is 2.39. The van der Waals surface area contributed by atoms with Crippen LogP contribution in [0.25, 0.3) is 0 Å². The van der Waals surface area contributed by atoms with E-state index in [4.69, 9.17) is 4.98 Å². The van der Waals surface area contributed by atoms with Crippen LogP contribution in [-0.4, -0.2) is 28.6 Å². The minimum atomic E-state index is -0.323. The third kappa shape index (κ3) is 2.35. The van der Waals surface area contributed by atoms with Crippen molar-refractivity contribution in [3.8, 4) is 0 Å². The lowest BCUT2D eigenvalue weighted by Gasteiger charge is -2.28. The molecule has 1 aliphatic heterocycles. The number of aliphatic hydroxyl groups is 1. The molecule has 3 N–H and O–H groups in total. The number of anilines is 1. The van der Waals surface area contributed by atoms with Gasteiger partial charge in [0, 0.05) is 55.4 Å². The summed E-state index contributed by atoms with van der Waals surface area (Å²) in [6.45, 7) is 3.19. The van der Waals surface area contributed by atoms with Gasteiger partial charge in [0.1, 0.15) is 0 Å². The highest BCUT2D eigenvalue weighted by Crippen LogP contribution is 2.33. The highest BCUT2D eigenvalue weighted by molar-refractivity contribution is 5.91. The van der Waals surface area contributed by atoms with Gasteiger partial charge < -0.3 is 15.7 Å². The summed E-state index contributed by atoms with van der Waals surface area (Å²) in [4.78, 5) is 16.2. The minimum absolute atomic E-state index is 0.0683. The summed E-state index contributed by atoms with van der Waals surface area (Å²) in [7, 11) is 0. The first-order valence-corrected chi connectivity index (χ1v) is 6.85. The van der Waals surface area contributed by atoms with Crippen molar-refractivity contribution in [3.63, 3.8) is 0 Å². The van der Waals surface area contributed by atoms with Crippen LogP contribution in [0.4, 0.5) is 5.69 Å². The van der Waals surface area contributed by atoms with Crippen molar-refractivity contribution < 1.29 is 9.90 Å². The number of hydrogen-bond acceptors (Lipinski definition) is 4. The molecule has 5 heteroatoms. The van der Waals surface area contributed by atoms with Crippen LogP contribution >= 0.6 is 0 Å². The van der Waals surface area contributed by atoms with Crippen molar-refractivity contribution in [1.82, 2.24) is 10.3 Å². The Kier molecular flexibility index (Phi) is 3.24. The first kappa shape index (κ1) is 12.6. The monoisotopic (exact) mass is 261 g/mol. The van der Waals surface area contributed by atoms with Gasteiger partial charge in [-0.15, -0.1) is 0 Å². The van der Waals surface area contributed by atoms with Gasteiger partial charge in [-0.25, -0.2) is 0 Å². The molecule has 1 amide bonds. The summed E-state index contributed by atoms with van der Waals surface area (Å²) in [6, 6.07) is 0. The van der Waals surface area contributed by atoms with Crippen LogP contribution in [0.15, 0.2) is 0 Å². The quantitative estimate of drug-likeness (QED) is 0.689. The number of pyridine rings is 1. The average molecular weight is 261 g/mol. The molecule has 1 atom stereocenters. The van der Waals surface area contributed by atoms with E-state index >= 15 is 0 Å². The lowest BCUT2D eigenvalue weighted by molar-refractivity contribution is -0.114. The van der Waals surface area contributed by atoms with Crippen LogP contribution in [-0.2, 0) is 30.6 Å². The van der Waals surface area contributed by atoms with Crippen molar-refractivity contribution in [1.29, 1.82) is 0 Å². The number of aromatic nitrogens is 1. The van der Waals surface area contributed by atoms with Crippen LogP contribution in [0.1, 0.15) is 35.9 Å². The molecule has 1 aromatic rings. The number of fused-ring (bicyclic) bond motifs is 2. The van der Waals surface area contributed by atoms with Crippen LogP contribution < -0.4 is 10.6 Å². The fraction of sp³-hybridized carbons (Fsp3) is 0.571. The second kappa shape index (κ2) is 4.90. The highest BCUT2D eigenvalue weighted by Gasteiger charge is 2.26. The Labute approximate surface area is 112 Å². The Morgan fingerprint density at radius 1 is 1.37 bits per heavy atom. The molecule has 0 bridgehead atoms. The molecular weight excluding hydrogens is 242 g/mol. The number of carbonyl (C=O) groups is 1. The van der Waals surface area contributed by atoms with E-state index in [1.54, 1.807) is 0 Å². The number of aryl methyl sites for hydroxylation is 1. The van der Waals surface area contributed by atoms with Gasteiger partial charge in [0.05, 0.1) is 11.8 Å². The minimum Gasteiger partial charge on any atom is -0.393 e.